The minimum Gasteiger partial charge on any atom is -0.333 e. The third-order valence-electron chi connectivity index (χ3n) is 5.83. The largest absolute Gasteiger partial charge is 0.333 e. The van der Waals surface area contributed by atoms with Gasteiger partial charge in [-0.25, -0.2) is 9.97 Å². The van der Waals surface area contributed by atoms with Crippen LogP contribution in [0.25, 0.3) is 22.6 Å². The fourth-order valence-corrected chi connectivity index (χ4v) is 4.20. The summed E-state index contributed by atoms with van der Waals surface area (Å²) < 4.78 is 1.88. The number of aromatic nitrogens is 3. The minimum absolute atomic E-state index is 0.202. The van der Waals surface area contributed by atoms with Gasteiger partial charge in [0.15, 0.2) is 0 Å². The lowest BCUT2D eigenvalue weighted by atomic mass is 10.0. The molecule has 2 aliphatic rings. The average Bonchev–Trinajstić information content (AvgIpc) is 3.33. The maximum Gasteiger partial charge on any atom is 0.255 e. The first-order valence-electron chi connectivity index (χ1n) is 10.1. The number of amides is 3. The molecule has 32 heavy (non-hydrogen) atoms. The molecule has 2 aliphatic heterocycles. The summed E-state index contributed by atoms with van der Waals surface area (Å²) in [7, 11) is 1.88. The number of nitrogens with zero attached hydrogens (tertiary/aromatic N) is 5. The third-order valence-corrected chi connectivity index (χ3v) is 5.83. The van der Waals surface area contributed by atoms with Crippen LogP contribution in [0.2, 0.25) is 0 Å². The Balaban J connectivity index is 1.43. The zero-order valence-corrected chi connectivity index (χ0v) is 17.2. The van der Waals surface area contributed by atoms with Gasteiger partial charge in [0.25, 0.3) is 5.91 Å². The maximum atomic E-state index is 12.9. The van der Waals surface area contributed by atoms with Crippen molar-refractivity contribution in [2.24, 2.45) is 7.05 Å². The summed E-state index contributed by atoms with van der Waals surface area (Å²) in [5, 5.41) is 11.2. The molecule has 0 aliphatic carbocycles. The van der Waals surface area contributed by atoms with Crippen LogP contribution < -0.4 is 5.32 Å². The topological polar surface area (TPSA) is 121 Å². The number of nitriles is 1. The van der Waals surface area contributed by atoms with Crippen LogP contribution in [0, 0.1) is 11.3 Å². The number of nitrogens with one attached hydrogen (secondary N) is 1. The van der Waals surface area contributed by atoms with E-state index in [0.29, 0.717) is 30.0 Å². The Hall–Kier alpha value is -4.32. The Bertz CT molecular complexity index is 1320. The quantitative estimate of drug-likeness (QED) is 0.638. The number of imide groups is 1. The number of piperidine rings is 1. The minimum atomic E-state index is -0.638. The van der Waals surface area contributed by atoms with E-state index in [1.807, 2.05) is 36.0 Å². The molecule has 4 heterocycles. The second kappa shape index (κ2) is 7.42. The summed E-state index contributed by atoms with van der Waals surface area (Å²) >= 11 is 0. The first-order chi connectivity index (χ1) is 15.4. The molecule has 0 radical (unpaired) electrons. The zero-order chi connectivity index (χ0) is 22.4. The first kappa shape index (κ1) is 19.6. The Morgan fingerprint density at radius 1 is 1.16 bits per heavy atom. The molecule has 3 aromatic rings. The third kappa shape index (κ3) is 3.22. The smallest absolute Gasteiger partial charge is 0.255 e. The van der Waals surface area contributed by atoms with E-state index in [-0.39, 0.29) is 18.2 Å². The van der Waals surface area contributed by atoms with Gasteiger partial charge in [0.2, 0.25) is 11.8 Å². The standard InChI is InChI=1S/C23H18N6O3/c1-28-12-18(26-21(28)14-2-4-16(9-24)25-10-14)13-3-5-17-15(8-13)11-29(23(17)32)19-6-7-20(30)27-22(19)31/h2-5,8,10,12,19H,6-7,11H2,1H3,(H,27,30,31). The molecule has 1 aromatic carbocycles. The molecule has 1 fully saturated rings. The molecule has 158 valence electrons. The van der Waals surface area contributed by atoms with Gasteiger partial charge in [0.1, 0.15) is 23.6 Å². The lowest BCUT2D eigenvalue weighted by Gasteiger charge is -2.29. The van der Waals surface area contributed by atoms with E-state index in [2.05, 4.69) is 10.3 Å². The summed E-state index contributed by atoms with van der Waals surface area (Å²) in [6.07, 6.45) is 4.07. The van der Waals surface area contributed by atoms with Gasteiger partial charge in [-0.05, 0) is 36.2 Å². The molecule has 1 N–H and O–H groups in total. The number of imidazole rings is 1. The first-order valence-corrected chi connectivity index (χ1v) is 10.1. The number of hydrogen-bond donors (Lipinski definition) is 1. The number of benzene rings is 1. The van der Waals surface area contributed by atoms with E-state index in [4.69, 9.17) is 10.2 Å². The van der Waals surface area contributed by atoms with E-state index in [0.717, 1.165) is 22.4 Å². The highest BCUT2D eigenvalue weighted by Gasteiger charge is 2.39. The zero-order valence-electron chi connectivity index (χ0n) is 17.2. The molecule has 0 bridgehead atoms. The van der Waals surface area contributed by atoms with Crippen molar-refractivity contribution in [2.75, 3.05) is 0 Å². The monoisotopic (exact) mass is 426 g/mol. The van der Waals surface area contributed by atoms with Gasteiger partial charge >= 0.3 is 0 Å². The lowest BCUT2D eigenvalue weighted by molar-refractivity contribution is -0.136. The van der Waals surface area contributed by atoms with Crippen LogP contribution in [0.3, 0.4) is 0 Å². The Kier molecular flexibility index (Phi) is 4.56. The summed E-state index contributed by atoms with van der Waals surface area (Å²) in [5.41, 5.74) is 4.10. The van der Waals surface area contributed by atoms with Crippen LogP contribution in [0.15, 0.2) is 42.7 Å². The van der Waals surface area contributed by atoms with Gasteiger partial charge in [-0.15, -0.1) is 0 Å². The number of carbonyl (C=O) groups excluding carboxylic acids is 3. The molecular formula is C23H18N6O3. The molecule has 5 rings (SSSR count). The van der Waals surface area contributed by atoms with E-state index >= 15 is 0 Å². The Labute approximate surface area is 183 Å². The van der Waals surface area contributed by atoms with Crippen LogP contribution in [-0.2, 0) is 23.2 Å². The van der Waals surface area contributed by atoms with Gasteiger partial charge in [0.05, 0.1) is 5.69 Å². The molecule has 0 saturated carbocycles. The van der Waals surface area contributed by atoms with Gasteiger partial charge in [-0.1, -0.05) is 6.07 Å². The van der Waals surface area contributed by atoms with Gasteiger partial charge in [0, 0.05) is 49.1 Å². The van der Waals surface area contributed by atoms with E-state index in [9.17, 15) is 14.4 Å². The summed E-state index contributed by atoms with van der Waals surface area (Å²) in [4.78, 5) is 46.9. The van der Waals surface area contributed by atoms with Crippen molar-refractivity contribution in [1.29, 1.82) is 5.26 Å². The Morgan fingerprint density at radius 2 is 1.97 bits per heavy atom. The van der Waals surface area contributed by atoms with Crippen molar-refractivity contribution in [2.45, 2.75) is 25.4 Å². The van der Waals surface area contributed by atoms with Crippen LogP contribution >= 0.6 is 0 Å². The maximum absolute atomic E-state index is 12.9. The van der Waals surface area contributed by atoms with Crippen molar-refractivity contribution in [3.05, 3.63) is 59.5 Å². The van der Waals surface area contributed by atoms with Crippen molar-refractivity contribution in [1.82, 2.24) is 24.8 Å². The summed E-state index contributed by atoms with van der Waals surface area (Å²) in [5.74, 6) is -0.223. The normalized spacial score (nSPS) is 17.8. The predicted octanol–water partition coefficient (Wildman–Crippen LogP) is 1.78. The van der Waals surface area contributed by atoms with E-state index in [1.54, 1.807) is 24.4 Å². The van der Waals surface area contributed by atoms with Crippen LogP contribution in [0.1, 0.15) is 34.5 Å². The highest BCUT2D eigenvalue weighted by atomic mass is 16.2. The van der Waals surface area contributed by atoms with Gasteiger partial charge in [-0.3, -0.25) is 19.7 Å². The SMILES string of the molecule is Cn1cc(-c2ccc3c(c2)CN(C2CCC(=O)NC2=O)C3=O)nc1-c1ccc(C#N)nc1. The number of fused-ring (bicyclic) bond motifs is 1. The predicted molar refractivity (Wildman–Crippen MR) is 113 cm³/mol. The Morgan fingerprint density at radius 3 is 2.69 bits per heavy atom. The van der Waals surface area contributed by atoms with Crippen LogP contribution in [0.5, 0.6) is 0 Å². The van der Waals surface area contributed by atoms with Crippen molar-refractivity contribution < 1.29 is 14.4 Å². The molecule has 9 heteroatoms. The van der Waals surface area contributed by atoms with Crippen molar-refractivity contribution >= 4 is 17.7 Å². The summed E-state index contributed by atoms with van der Waals surface area (Å²) in [6, 6.07) is 10.3. The molecule has 1 atom stereocenters. The van der Waals surface area contributed by atoms with E-state index in [1.165, 1.54) is 4.90 Å². The van der Waals surface area contributed by atoms with Gasteiger partial charge < -0.3 is 9.47 Å². The molecule has 0 spiro atoms. The fraction of sp³-hybridized carbons (Fsp3) is 0.217. The number of aryl methyl sites for hydroxylation is 1. The second-order valence-electron chi connectivity index (χ2n) is 7.88. The van der Waals surface area contributed by atoms with Crippen LogP contribution in [0.4, 0.5) is 0 Å². The van der Waals surface area contributed by atoms with Crippen LogP contribution in [-0.4, -0.2) is 43.2 Å². The lowest BCUT2D eigenvalue weighted by Crippen LogP contribution is -2.52. The summed E-state index contributed by atoms with van der Waals surface area (Å²) in [6.45, 7) is 0.313. The number of pyridine rings is 1. The second-order valence-corrected chi connectivity index (χ2v) is 7.88. The molecule has 9 nitrogen and oxygen atoms in total. The fourth-order valence-electron chi connectivity index (χ4n) is 4.20. The van der Waals surface area contributed by atoms with Crippen molar-refractivity contribution in [3.8, 4) is 28.7 Å². The molecule has 1 saturated heterocycles. The highest BCUT2D eigenvalue weighted by molar-refractivity contribution is 6.05. The number of rotatable bonds is 3. The highest BCUT2D eigenvalue weighted by Crippen LogP contribution is 2.31. The van der Waals surface area contributed by atoms with E-state index < -0.39 is 11.9 Å². The van der Waals surface area contributed by atoms with Crippen molar-refractivity contribution in [3.63, 3.8) is 0 Å². The molecule has 2 aromatic heterocycles. The molecular weight excluding hydrogens is 408 g/mol. The average molecular weight is 426 g/mol. The number of carbonyl (C=O) groups is 3. The molecule has 1 unspecified atom stereocenters. The van der Waals surface area contributed by atoms with Gasteiger partial charge in [-0.2, -0.15) is 5.26 Å². The number of hydrogen-bond acceptors (Lipinski definition) is 6. The molecule has 3 amide bonds.